The highest BCUT2D eigenvalue weighted by atomic mass is 15.2. The maximum Gasteiger partial charge on any atom is 0.117 e. The van der Waals surface area contributed by atoms with Crippen molar-refractivity contribution in [1.82, 2.24) is 14.7 Å². The summed E-state index contributed by atoms with van der Waals surface area (Å²) in [5.41, 5.74) is 5.07. The Morgan fingerprint density at radius 3 is 2.83 bits per heavy atom. The Kier molecular flexibility index (Phi) is 3.75. The normalized spacial score (nSPS) is 15.3. The van der Waals surface area contributed by atoms with Gasteiger partial charge in [0, 0.05) is 44.5 Å². The van der Waals surface area contributed by atoms with E-state index in [1.54, 1.807) is 0 Å². The number of pyridine rings is 1. The van der Waals surface area contributed by atoms with Crippen LogP contribution in [-0.4, -0.2) is 35.6 Å². The number of hydrogen-bond acceptors (Lipinski definition) is 3. The number of aryl methyl sites for hydroxylation is 1. The van der Waals surface area contributed by atoms with Crippen LogP contribution in [0.1, 0.15) is 17.0 Å². The van der Waals surface area contributed by atoms with Crippen LogP contribution in [0, 0.1) is 6.92 Å². The molecule has 4 nitrogen and oxygen atoms in total. The maximum absolute atomic E-state index is 4.64. The molecule has 1 N–H and O–H groups in total. The first-order valence-electron chi connectivity index (χ1n) is 8.27. The van der Waals surface area contributed by atoms with Crippen molar-refractivity contribution < 1.29 is 0 Å². The van der Waals surface area contributed by atoms with Crippen molar-refractivity contribution >= 4 is 11.2 Å². The zero-order chi connectivity index (χ0) is 15.6. The predicted molar refractivity (Wildman–Crippen MR) is 94.3 cm³/mol. The molecule has 0 atom stereocenters. The Morgan fingerprint density at radius 2 is 2.00 bits per heavy atom. The molecule has 0 spiro atoms. The van der Waals surface area contributed by atoms with E-state index in [1.807, 2.05) is 6.20 Å². The van der Waals surface area contributed by atoms with Crippen LogP contribution in [0.15, 0.2) is 48.8 Å². The molecule has 2 aromatic heterocycles. The van der Waals surface area contributed by atoms with Gasteiger partial charge in [-0.05, 0) is 24.6 Å². The molecule has 1 aliphatic rings. The fourth-order valence-corrected chi connectivity index (χ4v) is 3.30. The topological polar surface area (TPSA) is 32.6 Å². The van der Waals surface area contributed by atoms with Gasteiger partial charge in [0.25, 0.3) is 0 Å². The average Bonchev–Trinajstić information content (AvgIpc) is 2.98. The molecule has 0 unspecified atom stereocenters. The predicted octanol–water partition coefficient (Wildman–Crippen LogP) is 2.64. The van der Waals surface area contributed by atoms with E-state index < -0.39 is 0 Å². The summed E-state index contributed by atoms with van der Waals surface area (Å²) in [6.07, 6.45) is 5.00. The van der Waals surface area contributed by atoms with Crippen LogP contribution < -0.4 is 10.2 Å². The van der Waals surface area contributed by atoms with E-state index in [4.69, 9.17) is 0 Å². The first kappa shape index (κ1) is 14.3. The van der Waals surface area contributed by atoms with Crippen molar-refractivity contribution in [3.8, 4) is 0 Å². The Labute approximate surface area is 136 Å². The lowest BCUT2D eigenvalue weighted by atomic mass is 10.1. The lowest BCUT2D eigenvalue weighted by Crippen LogP contribution is -2.43. The van der Waals surface area contributed by atoms with Crippen LogP contribution >= 0.6 is 0 Å². The molecule has 4 heteroatoms. The fourth-order valence-electron chi connectivity index (χ4n) is 3.30. The molecular weight excluding hydrogens is 284 g/mol. The lowest BCUT2D eigenvalue weighted by Gasteiger charge is -2.29. The van der Waals surface area contributed by atoms with E-state index in [9.17, 15) is 0 Å². The van der Waals surface area contributed by atoms with Gasteiger partial charge in [0.15, 0.2) is 0 Å². The molecule has 0 amide bonds. The summed E-state index contributed by atoms with van der Waals surface area (Å²) < 4.78 is 2.20. The van der Waals surface area contributed by atoms with Gasteiger partial charge in [-0.15, -0.1) is 0 Å². The Bertz CT molecular complexity index is 815. The number of fused-ring (bicyclic) bond motifs is 1. The molecule has 0 aliphatic carbocycles. The molecule has 0 bridgehead atoms. The van der Waals surface area contributed by atoms with Crippen molar-refractivity contribution in [2.24, 2.45) is 0 Å². The van der Waals surface area contributed by atoms with Crippen LogP contribution in [0.25, 0.3) is 5.52 Å². The number of aromatic nitrogens is 2. The molecule has 1 saturated heterocycles. The first-order chi connectivity index (χ1) is 11.3. The number of rotatable bonds is 3. The van der Waals surface area contributed by atoms with Crippen LogP contribution in [0.3, 0.4) is 0 Å². The summed E-state index contributed by atoms with van der Waals surface area (Å²) in [7, 11) is 0. The number of nitrogens with one attached hydrogen (secondary N) is 1. The molecule has 23 heavy (non-hydrogen) atoms. The zero-order valence-electron chi connectivity index (χ0n) is 13.5. The van der Waals surface area contributed by atoms with Crippen molar-refractivity contribution in [2.45, 2.75) is 13.3 Å². The summed E-state index contributed by atoms with van der Waals surface area (Å²) >= 11 is 0. The van der Waals surface area contributed by atoms with Gasteiger partial charge in [0.2, 0.25) is 0 Å². The van der Waals surface area contributed by atoms with Crippen LogP contribution in [0.5, 0.6) is 0 Å². The number of hydrogen-bond donors (Lipinski definition) is 1. The minimum atomic E-state index is 0.864. The van der Waals surface area contributed by atoms with E-state index in [1.165, 1.54) is 22.3 Å². The summed E-state index contributed by atoms with van der Waals surface area (Å²) in [4.78, 5) is 7.07. The van der Waals surface area contributed by atoms with E-state index in [-0.39, 0.29) is 0 Å². The molecule has 4 rings (SSSR count). The van der Waals surface area contributed by atoms with Gasteiger partial charge >= 0.3 is 0 Å². The van der Waals surface area contributed by atoms with E-state index >= 15 is 0 Å². The van der Waals surface area contributed by atoms with Crippen LogP contribution in [0.4, 0.5) is 5.69 Å². The third-order valence-electron chi connectivity index (χ3n) is 4.52. The lowest BCUT2D eigenvalue weighted by molar-refractivity contribution is 0.589. The standard InChI is InChI=1S/C19H22N4/c1-15-3-2-4-16(11-15)12-19-21-14-18-13-17(5-8-23(18)19)22-9-6-20-7-10-22/h2-5,8,11,13-14,20H,6-7,9-10,12H2,1H3. The highest BCUT2D eigenvalue weighted by molar-refractivity contribution is 5.60. The molecule has 1 fully saturated rings. The molecule has 1 aromatic carbocycles. The number of nitrogens with zero attached hydrogens (tertiary/aromatic N) is 3. The van der Waals surface area contributed by atoms with Crippen molar-refractivity contribution in [1.29, 1.82) is 0 Å². The number of anilines is 1. The molecule has 1 aliphatic heterocycles. The quantitative estimate of drug-likeness (QED) is 0.807. The minimum Gasteiger partial charge on any atom is -0.369 e. The minimum absolute atomic E-state index is 0.864. The van der Waals surface area contributed by atoms with Gasteiger partial charge in [-0.1, -0.05) is 29.8 Å². The van der Waals surface area contributed by atoms with Crippen LogP contribution in [0.2, 0.25) is 0 Å². The second-order valence-corrected chi connectivity index (χ2v) is 6.26. The monoisotopic (exact) mass is 306 g/mol. The smallest absolute Gasteiger partial charge is 0.117 e. The number of benzene rings is 1. The SMILES string of the molecule is Cc1cccc(Cc2ncc3cc(N4CCNCC4)ccn23)c1. The summed E-state index contributed by atoms with van der Waals surface area (Å²) in [5.74, 6) is 1.09. The average molecular weight is 306 g/mol. The van der Waals surface area contributed by atoms with Gasteiger partial charge in [0.1, 0.15) is 5.82 Å². The fraction of sp³-hybridized carbons (Fsp3) is 0.316. The molecule has 3 aromatic rings. The molecule has 0 radical (unpaired) electrons. The third-order valence-corrected chi connectivity index (χ3v) is 4.52. The maximum atomic E-state index is 4.64. The van der Waals surface area contributed by atoms with E-state index in [0.717, 1.165) is 38.4 Å². The summed E-state index contributed by atoms with van der Waals surface area (Å²) in [5, 5.41) is 3.40. The molecule has 118 valence electrons. The largest absolute Gasteiger partial charge is 0.369 e. The van der Waals surface area contributed by atoms with Gasteiger partial charge in [-0.2, -0.15) is 0 Å². The highest BCUT2D eigenvalue weighted by Crippen LogP contribution is 2.20. The van der Waals surface area contributed by atoms with E-state index in [2.05, 4.69) is 69.1 Å². The van der Waals surface area contributed by atoms with Gasteiger partial charge in [-0.3, -0.25) is 0 Å². The molecule has 3 heterocycles. The van der Waals surface area contributed by atoms with Crippen molar-refractivity contribution in [2.75, 3.05) is 31.1 Å². The highest BCUT2D eigenvalue weighted by Gasteiger charge is 2.12. The second-order valence-electron chi connectivity index (χ2n) is 6.26. The van der Waals surface area contributed by atoms with E-state index in [0.29, 0.717) is 0 Å². The van der Waals surface area contributed by atoms with Gasteiger partial charge in [0.05, 0.1) is 11.7 Å². The van der Waals surface area contributed by atoms with Gasteiger partial charge in [-0.25, -0.2) is 4.98 Å². The Balaban J connectivity index is 1.62. The Hall–Kier alpha value is -2.33. The van der Waals surface area contributed by atoms with Gasteiger partial charge < -0.3 is 14.6 Å². The third kappa shape index (κ3) is 2.94. The van der Waals surface area contributed by atoms with Crippen molar-refractivity contribution in [3.05, 3.63) is 65.7 Å². The first-order valence-corrected chi connectivity index (χ1v) is 8.27. The molecular formula is C19H22N4. The number of piperazine rings is 1. The number of imidazole rings is 1. The Morgan fingerprint density at radius 1 is 1.13 bits per heavy atom. The second kappa shape index (κ2) is 6.05. The molecule has 0 saturated carbocycles. The summed E-state index contributed by atoms with van der Waals surface area (Å²) in [6, 6.07) is 13.1. The van der Waals surface area contributed by atoms with Crippen molar-refractivity contribution in [3.63, 3.8) is 0 Å². The van der Waals surface area contributed by atoms with Crippen LogP contribution in [-0.2, 0) is 6.42 Å². The zero-order valence-corrected chi connectivity index (χ0v) is 13.5. The summed E-state index contributed by atoms with van der Waals surface area (Å²) in [6.45, 7) is 6.39.